The Morgan fingerprint density at radius 2 is 1.92 bits per heavy atom. The highest BCUT2D eigenvalue weighted by Crippen LogP contribution is 2.11. The van der Waals surface area contributed by atoms with Crippen LogP contribution >= 0.6 is 0 Å². The van der Waals surface area contributed by atoms with Gasteiger partial charge in [-0.2, -0.15) is 0 Å². The number of halogens is 2. The van der Waals surface area contributed by atoms with Crippen LogP contribution in [0.3, 0.4) is 0 Å². The molecule has 0 bridgehead atoms. The van der Waals surface area contributed by atoms with Crippen molar-refractivity contribution in [1.29, 1.82) is 0 Å². The number of rotatable bonds is 0. The molecule has 2 nitrogen and oxygen atoms in total. The maximum absolute atomic E-state index is 12.7. The van der Waals surface area contributed by atoms with Gasteiger partial charge in [0.05, 0.1) is 0 Å². The van der Waals surface area contributed by atoms with Gasteiger partial charge < -0.3 is 4.98 Å². The first-order valence-corrected chi connectivity index (χ1v) is 3.65. The van der Waals surface area contributed by atoms with Gasteiger partial charge in [0.2, 0.25) is 0 Å². The van der Waals surface area contributed by atoms with Crippen LogP contribution in [0, 0.1) is 11.6 Å². The lowest BCUT2D eigenvalue weighted by molar-refractivity contribution is 0.610. The van der Waals surface area contributed by atoms with Gasteiger partial charge in [0.1, 0.15) is 5.82 Å². The first-order valence-electron chi connectivity index (χ1n) is 3.65. The first kappa shape index (κ1) is 7.91. The van der Waals surface area contributed by atoms with E-state index in [-0.39, 0.29) is 0 Å². The Kier molecular flexibility index (Phi) is 1.62. The van der Waals surface area contributed by atoms with Crippen LogP contribution in [0.2, 0.25) is 0 Å². The number of nitrogens with one attached hydrogen (secondary N) is 1. The molecule has 13 heavy (non-hydrogen) atoms. The zero-order valence-electron chi connectivity index (χ0n) is 6.47. The number of aromatic amines is 1. The molecule has 2 aromatic rings. The molecular weight excluding hydrogens is 176 g/mol. The average Bonchev–Trinajstić information content (AvgIpc) is 2.08. The molecule has 0 aliphatic heterocycles. The summed E-state index contributed by atoms with van der Waals surface area (Å²) in [5.74, 6) is -1.36. The van der Waals surface area contributed by atoms with E-state index in [0.29, 0.717) is 10.9 Å². The van der Waals surface area contributed by atoms with Gasteiger partial charge >= 0.3 is 0 Å². The predicted molar refractivity (Wildman–Crippen MR) is 44.5 cm³/mol. The zero-order valence-corrected chi connectivity index (χ0v) is 6.47. The van der Waals surface area contributed by atoms with Crippen molar-refractivity contribution in [2.75, 3.05) is 0 Å². The SMILES string of the molecule is O=c1[nH]c2ccc(F)cc2cc1F. The van der Waals surface area contributed by atoms with E-state index in [1.807, 2.05) is 0 Å². The summed E-state index contributed by atoms with van der Waals surface area (Å²) in [6.45, 7) is 0. The fourth-order valence-electron chi connectivity index (χ4n) is 1.15. The Labute approximate surface area is 71.8 Å². The highest BCUT2D eigenvalue weighted by atomic mass is 19.1. The van der Waals surface area contributed by atoms with Crippen LogP contribution in [0.15, 0.2) is 29.1 Å². The minimum absolute atomic E-state index is 0.345. The van der Waals surface area contributed by atoms with Gasteiger partial charge in [0, 0.05) is 10.9 Å². The third-order valence-electron chi connectivity index (χ3n) is 1.76. The van der Waals surface area contributed by atoms with Gasteiger partial charge in [-0.15, -0.1) is 0 Å². The van der Waals surface area contributed by atoms with Crippen LogP contribution < -0.4 is 5.56 Å². The van der Waals surface area contributed by atoms with E-state index in [9.17, 15) is 13.6 Å². The maximum Gasteiger partial charge on any atom is 0.284 e. The Balaban J connectivity index is 2.89. The van der Waals surface area contributed by atoms with Crippen molar-refractivity contribution >= 4 is 10.9 Å². The zero-order chi connectivity index (χ0) is 9.42. The van der Waals surface area contributed by atoms with Gasteiger partial charge in [-0.05, 0) is 24.3 Å². The molecule has 0 saturated heterocycles. The normalized spacial score (nSPS) is 10.6. The topological polar surface area (TPSA) is 32.9 Å². The third kappa shape index (κ3) is 1.30. The summed E-state index contributed by atoms with van der Waals surface area (Å²) in [6, 6.07) is 4.77. The summed E-state index contributed by atoms with van der Waals surface area (Å²) in [4.78, 5) is 13.1. The van der Waals surface area contributed by atoms with Crippen molar-refractivity contribution in [3.8, 4) is 0 Å². The molecule has 1 heterocycles. The average molecular weight is 181 g/mol. The summed E-state index contributed by atoms with van der Waals surface area (Å²) in [7, 11) is 0. The molecule has 0 radical (unpaired) electrons. The molecule has 66 valence electrons. The smallest absolute Gasteiger partial charge is 0.284 e. The summed E-state index contributed by atoms with van der Waals surface area (Å²) in [5.41, 5.74) is -0.369. The highest BCUT2D eigenvalue weighted by Gasteiger charge is 2.01. The molecule has 1 aromatic heterocycles. The fourth-order valence-corrected chi connectivity index (χ4v) is 1.15. The van der Waals surface area contributed by atoms with Crippen LogP contribution in [0.4, 0.5) is 8.78 Å². The van der Waals surface area contributed by atoms with Crippen LogP contribution in [0.25, 0.3) is 10.9 Å². The standard InChI is InChI=1S/C9H5F2NO/c10-6-1-2-8-5(3-6)4-7(11)9(13)12-8/h1-4H,(H,12,13). The van der Waals surface area contributed by atoms with Crippen molar-refractivity contribution in [2.24, 2.45) is 0 Å². The number of benzene rings is 1. The molecular formula is C9H5F2NO. The van der Waals surface area contributed by atoms with E-state index in [2.05, 4.69) is 4.98 Å². The molecule has 0 amide bonds. The van der Waals surface area contributed by atoms with E-state index in [1.165, 1.54) is 12.1 Å². The summed E-state index contributed by atoms with van der Waals surface area (Å²) in [5, 5.41) is 0.345. The van der Waals surface area contributed by atoms with Gasteiger partial charge in [0.15, 0.2) is 5.82 Å². The van der Waals surface area contributed by atoms with E-state index in [4.69, 9.17) is 0 Å². The molecule has 0 atom stereocenters. The van der Waals surface area contributed by atoms with E-state index < -0.39 is 17.2 Å². The van der Waals surface area contributed by atoms with Crippen molar-refractivity contribution in [2.45, 2.75) is 0 Å². The second-order valence-electron chi connectivity index (χ2n) is 2.68. The summed E-state index contributed by atoms with van der Waals surface area (Å²) < 4.78 is 25.4. The minimum Gasteiger partial charge on any atom is -0.319 e. The minimum atomic E-state index is -0.905. The van der Waals surface area contributed by atoms with E-state index >= 15 is 0 Å². The Bertz CT molecular complexity index is 518. The largest absolute Gasteiger partial charge is 0.319 e. The van der Waals surface area contributed by atoms with Crippen LogP contribution in [0.5, 0.6) is 0 Å². The quantitative estimate of drug-likeness (QED) is 0.660. The number of H-pyrrole nitrogens is 1. The Morgan fingerprint density at radius 3 is 2.69 bits per heavy atom. The molecule has 1 N–H and O–H groups in total. The highest BCUT2D eigenvalue weighted by molar-refractivity contribution is 5.78. The van der Waals surface area contributed by atoms with Crippen LogP contribution in [-0.4, -0.2) is 4.98 Å². The van der Waals surface area contributed by atoms with Gasteiger partial charge in [-0.3, -0.25) is 4.79 Å². The Hall–Kier alpha value is -1.71. The van der Waals surface area contributed by atoms with Crippen molar-refractivity contribution in [1.82, 2.24) is 4.98 Å². The van der Waals surface area contributed by atoms with Crippen LogP contribution in [0.1, 0.15) is 0 Å². The number of hydrogen-bond acceptors (Lipinski definition) is 1. The van der Waals surface area contributed by atoms with Gasteiger partial charge in [-0.25, -0.2) is 8.78 Å². The molecule has 1 aromatic carbocycles. The maximum atomic E-state index is 12.7. The monoisotopic (exact) mass is 181 g/mol. The van der Waals surface area contributed by atoms with Gasteiger partial charge in [-0.1, -0.05) is 0 Å². The second kappa shape index (κ2) is 2.65. The van der Waals surface area contributed by atoms with Gasteiger partial charge in [0.25, 0.3) is 5.56 Å². The molecule has 0 aliphatic rings. The number of pyridine rings is 1. The van der Waals surface area contributed by atoms with E-state index in [0.717, 1.165) is 12.1 Å². The molecule has 4 heteroatoms. The third-order valence-corrected chi connectivity index (χ3v) is 1.76. The number of fused-ring (bicyclic) bond motifs is 1. The fraction of sp³-hybridized carbons (Fsp3) is 0. The lowest BCUT2D eigenvalue weighted by Crippen LogP contribution is -2.09. The van der Waals surface area contributed by atoms with Crippen molar-refractivity contribution < 1.29 is 8.78 Å². The Morgan fingerprint density at radius 1 is 1.15 bits per heavy atom. The van der Waals surface area contributed by atoms with Crippen molar-refractivity contribution in [3.05, 3.63) is 46.3 Å². The number of hydrogen-bond donors (Lipinski definition) is 1. The number of aromatic nitrogens is 1. The first-order chi connectivity index (χ1) is 6.16. The molecule has 2 rings (SSSR count). The second-order valence-corrected chi connectivity index (χ2v) is 2.68. The molecule has 0 spiro atoms. The lowest BCUT2D eigenvalue weighted by atomic mass is 10.2. The lowest BCUT2D eigenvalue weighted by Gasteiger charge is -1.96. The summed E-state index contributed by atoms with van der Waals surface area (Å²) in [6.07, 6.45) is 0. The van der Waals surface area contributed by atoms with Crippen LogP contribution in [-0.2, 0) is 0 Å². The van der Waals surface area contributed by atoms with E-state index in [1.54, 1.807) is 0 Å². The summed E-state index contributed by atoms with van der Waals surface area (Å²) >= 11 is 0. The van der Waals surface area contributed by atoms with Crippen molar-refractivity contribution in [3.63, 3.8) is 0 Å². The molecule has 0 fully saturated rings. The molecule has 0 saturated carbocycles. The predicted octanol–water partition coefficient (Wildman–Crippen LogP) is 1.81. The molecule has 0 aliphatic carbocycles. The molecule has 0 unspecified atom stereocenters.